The van der Waals surface area contributed by atoms with Crippen molar-refractivity contribution in [3.8, 4) is 0 Å². The molecule has 2 nitrogen and oxygen atoms in total. The topological polar surface area (TPSA) is 29.3 Å². The molecule has 0 saturated heterocycles. The van der Waals surface area contributed by atoms with Crippen LogP contribution in [0.3, 0.4) is 0 Å². The van der Waals surface area contributed by atoms with Crippen LogP contribution in [0.15, 0.2) is 24.3 Å². The molecule has 100 valence electrons. The zero-order chi connectivity index (χ0) is 13.0. The van der Waals surface area contributed by atoms with Gasteiger partial charge in [0.15, 0.2) is 0 Å². The second kappa shape index (κ2) is 6.35. The standard InChI is InChI=1S/C16H26N2/c1-18(2)16(12-17)15-10-8-14(9-11-15)13-6-4-3-5-7-13/h8-11,13,16H,3-7,12,17H2,1-2H3. The summed E-state index contributed by atoms with van der Waals surface area (Å²) in [6.45, 7) is 0.676. The molecule has 0 bridgehead atoms. The Morgan fingerprint density at radius 1 is 1.11 bits per heavy atom. The summed E-state index contributed by atoms with van der Waals surface area (Å²) in [5.41, 5.74) is 8.70. The first-order chi connectivity index (χ1) is 8.72. The Morgan fingerprint density at radius 3 is 2.22 bits per heavy atom. The van der Waals surface area contributed by atoms with E-state index in [1.54, 1.807) is 0 Å². The quantitative estimate of drug-likeness (QED) is 0.883. The Kier molecular flexibility index (Phi) is 4.79. The summed E-state index contributed by atoms with van der Waals surface area (Å²) in [6, 6.07) is 9.50. The minimum absolute atomic E-state index is 0.338. The van der Waals surface area contributed by atoms with Crippen LogP contribution in [0.4, 0.5) is 0 Å². The first kappa shape index (κ1) is 13.6. The van der Waals surface area contributed by atoms with Gasteiger partial charge in [-0.1, -0.05) is 43.5 Å². The Bertz CT molecular complexity index is 350. The SMILES string of the molecule is CN(C)C(CN)c1ccc(C2CCCCC2)cc1. The van der Waals surface area contributed by atoms with Crippen LogP contribution < -0.4 is 5.73 Å². The Balaban J connectivity index is 2.08. The molecule has 0 aliphatic heterocycles. The van der Waals surface area contributed by atoms with E-state index >= 15 is 0 Å². The summed E-state index contributed by atoms with van der Waals surface area (Å²) >= 11 is 0. The third-order valence-corrected chi connectivity index (χ3v) is 4.24. The van der Waals surface area contributed by atoms with Crippen molar-refractivity contribution < 1.29 is 0 Å². The van der Waals surface area contributed by atoms with Crippen molar-refractivity contribution in [2.24, 2.45) is 5.73 Å². The molecule has 1 atom stereocenters. The molecule has 1 aromatic rings. The molecule has 0 aromatic heterocycles. The zero-order valence-electron chi connectivity index (χ0n) is 11.7. The molecular formula is C16H26N2. The van der Waals surface area contributed by atoms with E-state index in [1.165, 1.54) is 43.2 Å². The van der Waals surface area contributed by atoms with Gasteiger partial charge in [0, 0.05) is 12.6 Å². The van der Waals surface area contributed by atoms with Gasteiger partial charge in [-0.2, -0.15) is 0 Å². The van der Waals surface area contributed by atoms with Crippen LogP contribution in [-0.2, 0) is 0 Å². The van der Waals surface area contributed by atoms with Gasteiger partial charge in [-0.3, -0.25) is 0 Å². The predicted molar refractivity (Wildman–Crippen MR) is 77.8 cm³/mol. The van der Waals surface area contributed by atoms with Crippen molar-refractivity contribution in [1.82, 2.24) is 4.90 Å². The Hall–Kier alpha value is -0.860. The van der Waals surface area contributed by atoms with Gasteiger partial charge in [-0.05, 0) is 44.0 Å². The summed E-state index contributed by atoms with van der Waals surface area (Å²) in [6.07, 6.45) is 6.95. The number of nitrogens with zero attached hydrogens (tertiary/aromatic N) is 1. The first-order valence-corrected chi connectivity index (χ1v) is 7.18. The van der Waals surface area contributed by atoms with Crippen LogP contribution in [0.2, 0.25) is 0 Å². The summed E-state index contributed by atoms with van der Waals surface area (Å²) in [7, 11) is 4.18. The van der Waals surface area contributed by atoms with E-state index < -0.39 is 0 Å². The largest absolute Gasteiger partial charge is 0.329 e. The lowest BCUT2D eigenvalue weighted by molar-refractivity contribution is 0.306. The van der Waals surface area contributed by atoms with Crippen LogP contribution >= 0.6 is 0 Å². The normalized spacial score (nSPS) is 19.1. The molecule has 0 amide bonds. The second-order valence-corrected chi connectivity index (χ2v) is 5.72. The van der Waals surface area contributed by atoms with Crippen molar-refractivity contribution >= 4 is 0 Å². The van der Waals surface area contributed by atoms with Crippen LogP contribution in [0.5, 0.6) is 0 Å². The monoisotopic (exact) mass is 246 g/mol. The second-order valence-electron chi connectivity index (χ2n) is 5.72. The molecule has 18 heavy (non-hydrogen) atoms. The smallest absolute Gasteiger partial charge is 0.0464 e. The Labute approximate surface area is 111 Å². The van der Waals surface area contributed by atoms with Crippen LogP contribution in [0, 0.1) is 0 Å². The maximum Gasteiger partial charge on any atom is 0.0464 e. The van der Waals surface area contributed by atoms with Crippen molar-refractivity contribution in [2.45, 2.75) is 44.1 Å². The van der Waals surface area contributed by atoms with Gasteiger partial charge in [-0.15, -0.1) is 0 Å². The van der Waals surface area contributed by atoms with Crippen molar-refractivity contribution in [3.63, 3.8) is 0 Å². The summed E-state index contributed by atoms with van der Waals surface area (Å²) < 4.78 is 0. The highest BCUT2D eigenvalue weighted by atomic mass is 15.1. The minimum Gasteiger partial charge on any atom is -0.329 e. The van der Waals surface area contributed by atoms with Crippen LogP contribution in [-0.4, -0.2) is 25.5 Å². The van der Waals surface area contributed by atoms with Crippen molar-refractivity contribution in [2.75, 3.05) is 20.6 Å². The molecule has 0 radical (unpaired) electrons. The highest BCUT2D eigenvalue weighted by Gasteiger charge is 2.16. The van der Waals surface area contributed by atoms with E-state index in [0.29, 0.717) is 12.6 Å². The van der Waals surface area contributed by atoms with Gasteiger partial charge in [-0.25, -0.2) is 0 Å². The van der Waals surface area contributed by atoms with E-state index in [2.05, 4.69) is 43.3 Å². The number of rotatable bonds is 4. The van der Waals surface area contributed by atoms with Crippen molar-refractivity contribution in [1.29, 1.82) is 0 Å². The lowest BCUT2D eigenvalue weighted by Crippen LogP contribution is -2.27. The van der Waals surface area contributed by atoms with Gasteiger partial charge >= 0.3 is 0 Å². The van der Waals surface area contributed by atoms with Gasteiger partial charge in [0.05, 0.1) is 0 Å². The first-order valence-electron chi connectivity index (χ1n) is 7.18. The van der Waals surface area contributed by atoms with E-state index in [-0.39, 0.29) is 0 Å². The van der Waals surface area contributed by atoms with Crippen LogP contribution in [0.25, 0.3) is 0 Å². The number of nitrogens with two attached hydrogens (primary N) is 1. The molecule has 2 heteroatoms. The predicted octanol–water partition coefficient (Wildman–Crippen LogP) is 3.30. The maximum absolute atomic E-state index is 5.84. The third kappa shape index (κ3) is 3.12. The summed E-state index contributed by atoms with van der Waals surface area (Å²) in [5, 5.41) is 0. The minimum atomic E-state index is 0.338. The molecule has 2 rings (SSSR count). The highest BCUT2D eigenvalue weighted by Crippen LogP contribution is 2.33. The fourth-order valence-electron chi connectivity index (χ4n) is 3.07. The zero-order valence-corrected chi connectivity index (χ0v) is 11.7. The molecule has 1 unspecified atom stereocenters. The lowest BCUT2D eigenvalue weighted by atomic mass is 9.83. The average molecular weight is 246 g/mol. The molecular weight excluding hydrogens is 220 g/mol. The fourth-order valence-corrected chi connectivity index (χ4v) is 3.07. The summed E-state index contributed by atoms with van der Waals surface area (Å²) in [5.74, 6) is 0.795. The van der Waals surface area contributed by atoms with Gasteiger partial charge in [0.25, 0.3) is 0 Å². The molecule has 1 fully saturated rings. The molecule has 1 aliphatic rings. The van der Waals surface area contributed by atoms with E-state index in [9.17, 15) is 0 Å². The number of hydrogen-bond donors (Lipinski definition) is 1. The van der Waals surface area contributed by atoms with Gasteiger partial charge in [0.1, 0.15) is 0 Å². The number of hydrogen-bond acceptors (Lipinski definition) is 2. The summed E-state index contributed by atoms with van der Waals surface area (Å²) in [4.78, 5) is 2.19. The third-order valence-electron chi connectivity index (χ3n) is 4.24. The number of likely N-dealkylation sites (N-methyl/N-ethyl adjacent to an activating group) is 1. The van der Waals surface area contributed by atoms with Gasteiger partial charge < -0.3 is 10.6 Å². The molecule has 1 aliphatic carbocycles. The van der Waals surface area contributed by atoms with Gasteiger partial charge in [0.2, 0.25) is 0 Å². The lowest BCUT2D eigenvalue weighted by Gasteiger charge is -2.25. The van der Waals surface area contributed by atoms with Crippen LogP contribution in [0.1, 0.15) is 55.2 Å². The molecule has 1 aromatic carbocycles. The van der Waals surface area contributed by atoms with E-state index in [0.717, 1.165) is 5.92 Å². The molecule has 1 saturated carbocycles. The molecule has 0 spiro atoms. The van der Waals surface area contributed by atoms with E-state index in [1.807, 2.05) is 0 Å². The average Bonchev–Trinajstić information content (AvgIpc) is 2.41. The molecule has 0 heterocycles. The maximum atomic E-state index is 5.84. The fraction of sp³-hybridized carbons (Fsp3) is 0.625. The molecule has 2 N–H and O–H groups in total. The van der Waals surface area contributed by atoms with E-state index in [4.69, 9.17) is 5.73 Å². The Morgan fingerprint density at radius 2 is 1.72 bits per heavy atom. The number of benzene rings is 1. The van der Waals surface area contributed by atoms with Crippen molar-refractivity contribution in [3.05, 3.63) is 35.4 Å². The highest BCUT2D eigenvalue weighted by molar-refractivity contribution is 5.28.